The zero-order valence-electron chi connectivity index (χ0n) is 8.41. The van der Waals surface area contributed by atoms with Gasteiger partial charge >= 0.3 is 6.03 Å². The SMILES string of the molecule is COc1ccc(C2NC(=O)NC2=O)cc1Br. The minimum absolute atomic E-state index is 0.345. The number of carbonyl (C=O) groups is 2. The Labute approximate surface area is 100 Å². The number of ether oxygens (including phenoxy) is 1. The van der Waals surface area contributed by atoms with Gasteiger partial charge in [-0.05, 0) is 33.6 Å². The fourth-order valence-electron chi connectivity index (χ4n) is 1.51. The summed E-state index contributed by atoms with van der Waals surface area (Å²) in [5.74, 6) is 0.329. The lowest BCUT2D eigenvalue weighted by Gasteiger charge is -2.10. The summed E-state index contributed by atoms with van der Waals surface area (Å²) in [5, 5.41) is 4.70. The molecule has 0 saturated carbocycles. The van der Waals surface area contributed by atoms with E-state index in [0.717, 1.165) is 4.47 Å². The molecule has 1 aromatic rings. The van der Waals surface area contributed by atoms with Crippen LogP contribution in [0.3, 0.4) is 0 Å². The maximum atomic E-state index is 11.4. The van der Waals surface area contributed by atoms with E-state index in [2.05, 4.69) is 26.6 Å². The predicted octanol–water partition coefficient (Wildman–Crippen LogP) is 1.34. The van der Waals surface area contributed by atoms with Gasteiger partial charge in [-0.15, -0.1) is 0 Å². The van der Waals surface area contributed by atoms with Crippen molar-refractivity contribution in [2.24, 2.45) is 0 Å². The smallest absolute Gasteiger partial charge is 0.322 e. The second-order valence-corrected chi connectivity index (χ2v) is 4.14. The summed E-state index contributed by atoms with van der Waals surface area (Å²) >= 11 is 3.32. The van der Waals surface area contributed by atoms with Crippen molar-refractivity contribution < 1.29 is 14.3 Å². The Bertz CT molecular complexity index is 461. The van der Waals surface area contributed by atoms with Gasteiger partial charge in [0, 0.05) is 0 Å². The Balaban J connectivity index is 2.31. The fraction of sp³-hybridized carbons (Fsp3) is 0.200. The first-order valence-corrected chi connectivity index (χ1v) is 5.36. The molecule has 84 valence electrons. The van der Waals surface area contributed by atoms with Crippen molar-refractivity contribution in [2.45, 2.75) is 6.04 Å². The van der Waals surface area contributed by atoms with Gasteiger partial charge in [0.1, 0.15) is 11.8 Å². The Hall–Kier alpha value is -1.56. The molecule has 0 aliphatic carbocycles. The van der Waals surface area contributed by atoms with Crippen molar-refractivity contribution in [2.75, 3.05) is 7.11 Å². The molecule has 1 aliphatic rings. The van der Waals surface area contributed by atoms with E-state index in [1.165, 1.54) is 0 Å². The average Bonchev–Trinajstić information content (AvgIpc) is 2.58. The van der Waals surface area contributed by atoms with Crippen LogP contribution in [0.15, 0.2) is 22.7 Å². The summed E-state index contributed by atoms with van der Waals surface area (Å²) < 4.78 is 5.81. The second kappa shape index (κ2) is 4.13. The van der Waals surface area contributed by atoms with E-state index in [9.17, 15) is 9.59 Å². The summed E-state index contributed by atoms with van der Waals surface area (Å²) in [4.78, 5) is 22.4. The van der Waals surface area contributed by atoms with Crippen LogP contribution in [-0.4, -0.2) is 19.0 Å². The molecule has 3 amide bonds. The van der Waals surface area contributed by atoms with Crippen molar-refractivity contribution in [1.29, 1.82) is 0 Å². The summed E-state index contributed by atoms with van der Waals surface area (Å²) in [5.41, 5.74) is 0.705. The number of urea groups is 1. The number of nitrogens with one attached hydrogen (secondary N) is 2. The van der Waals surface area contributed by atoms with Gasteiger partial charge in [-0.1, -0.05) is 6.07 Å². The van der Waals surface area contributed by atoms with E-state index in [-0.39, 0.29) is 5.91 Å². The Morgan fingerprint density at radius 3 is 2.62 bits per heavy atom. The Morgan fingerprint density at radius 2 is 2.12 bits per heavy atom. The Morgan fingerprint density at radius 1 is 1.38 bits per heavy atom. The monoisotopic (exact) mass is 284 g/mol. The van der Waals surface area contributed by atoms with Crippen LogP contribution in [-0.2, 0) is 4.79 Å². The van der Waals surface area contributed by atoms with Crippen LogP contribution >= 0.6 is 15.9 Å². The highest BCUT2D eigenvalue weighted by Crippen LogP contribution is 2.28. The molecule has 1 heterocycles. The number of benzene rings is 1. The van der Waals surface area contributed by atoms with Gasteiger partial charge in [0.25, 0.3) is 5.91 Å². The van der Waals surface area contributed by atoms with Crippen molar-refractivity contribution >= 4 is 27.9 Å². The predicted molar refractivity (Wildman–Crippen MR) is 60.1 cm³/mol. The molecule has 1 unspecified atom stereocenters. The first-order chi connectivity index (χ1) is 7.61. The summed E-state index contributed by atoms with van der Waals surface area (Å²) in [6.07, 6.45) is 0. The lowest BCUT2D eigenvalue weighted by Crippen LogP contribution is -2.22. The summed E-state index contributed by atoms with van der Waals surface area (Å²) in [6.45, 7) is 0. The minimum atomic E-state index is -0.630. The first-order valence-electron chi connectivity index (χ1n) is 4.56. The number of amides is 3. The van der Waals surface area contributed by atoms with Crippen molar-refractivity contribution in [3.05, 3.63) is 28.2 Å². The van der Waals surface area contributed by atoms with Gasteiger partial charge in [-0.2, -0.15) is 0 Å². The molecule has 2 rings (SSSR count). The van der Waals surface area contributed by atoms with Gasteiger partial charge in [0.2, 0.25) is 0 Å². The first kappa shape index (κ1) is 10.9. The van der Waals surface area contributed by atoms with Gasteiger partial charge in [0.05, 0.1) is 11.6 Å². The molecule has 0 bridgehead atoms. The molecule has 1 saturated heterocycles. The number of halogens is 1. The van der Waals surface area contributed by atoms with Crippen molar-refractivity contribution in [3.63, 3.8) is 0 Å². The average molecular weight is 285 g/mol. The summed E-state index contributed by atoms with van der Waals surface area (Å²) in [7, 11) is 1.56. The van der Waals surface area contributed by atoms with E-state index in [1.807, 2.05) is 0 Å². The molecule has 0 aromatic heterocycles. The fourth-order valence-corrected chi connectivity index (χ4v) is 2.07. The maximum Gasteiger partial charge on any atom is 0.322 e. The van der Waals surface area contributed by atoms with E-state index in [1.54, 1.807) is 25.3 Å². The molecular weight excluding hydrogens is 276 g/mol. The normalized spacial score (nSPS) is 19.2. The van der Waals surface area contributed by atoms with Gasteiger partial charge in [-0.3, -0.25) is 10.1 Å². The molecule has 5 nitrogen and oxygen atoms in total. The molecular formula is C10H9BrN2O3. The number of imide groups is 1. The number of carbonyl (C=O) groups excluding carboxylic acids is 2. The number of methoxy groups -OCH3 is 1. The lowest BCUT2D eigenvalue weighted by molar-refractivity contribution is -0.120. The van der Waals surface area contributed by atoms with Gasteiger partial charge in [0.15, 0.2) is 0 Å². The zero-order chi connectivity index (χ0) is 11.7. The van der Waals surface area contributed by atoms with Crippen LogP contribution in [0.2, 0.25) is 0 Å². The highest BCUT2D eigenvalue weighted by Gasteiger charge is 2.31. The molecule has 1 aromatic carbocycles. The topological polar surface area (TPSA) is 67.4 Å². The van der Waals surface area contributed by atoms with Gasteiger partial charge < -0.3 is 10.1 Å². The molecule has 1 aliphatic heterocycles. The number of rotatable bonds is 2. The van der Waals surface area contributed by atoms with Crippen LogP contribution < -0.4 is 15.4 Å². The van der Waals surface area contributed by atoms with Gasteiger partial charge in [-0.25, -0.2) is 4.79 Å². The van der Waals surface area contributed by atoms with Crippen LogP contribution in [0.5, 0.6) is 5.75 Å². The molecule has 1 atom stereocenters. The molecule has 16 heavy (non-hydrogen) atoms. The maximum absolute atomic E-state index is 11.4. The molecule has 0 radical (unpaired) electrons. The van der Waals surface area contributed by atoms with Crippen molar-refractivity contribution in [1.82, 2.24) is 10.6 Å². The minimum Gasteiger partial charge on any atom is -0.496 e. The van der Waals surface area contributed by atoms with Crippen molar-refractivity contribution in [3.8, 4) is 5.75 Å². The largest absolute Gasteiger partial charge is 0.496 e. The van der Waals surface area contributed by atoms with E-state index in [4.69, 9.17) is 4.74 Å². The van der Waals surface area contributed by atoms with E-state index >= 15 is 0 Å². The Kier molecular flexibility index (Phi) is 2.82. The molecule has 0 spiro atoms. The molecule has 1 fully saturated rings. The van der Waals surface area contributed by atoms with Crippen LogP contribution in [0.25, 0.3) is 0 Å². The third-order valence-corrected chi connectivity index (χ3v) is 2.90. The van der Waals surface area contributed by atoms with Crippen LogP contribution in [0, 0.1) is 0 Å². The lowest BCUT2D eigenvalue weighted by atomic mass is 10.1. The zero-order valence-corrected chi connectivity index (χ0v) is 10.00. The highest BCUT2D eigenvalue weighted by molar-refractivity contribution is 9.10. The summed E-state index contributed by atoms with van der Waals surface area (Å²) in [6, 6.07) is 4.11. The third kappa shape index (κ3) is 1.88. The van der Waals surface area contributed by atoms with Crippen LogP contribution in [0.4, 0.5) is 4.79 Å². The van der Waals surface area contributed by atoms with E-state index < -0.39 is 12.1 Å². The third-order valence-electron chi connectivity index (χ3n) is 2.28. The second-order valence-electron chi connectivity index (χ2n) is 3.29. The van der Waals surface area contributed by atoms with Crippen LogP contribution in [0.1, 0.15) is 11.6 Å². The molecule has 6 heteroatoms. The van der Waals surface area contributed by atoms with E-state index in [0.29, 0.717) is 11.3 Å². The number of hydrogen-bond donors (Lipinski definition) is 2. The quantitative estimate of drug-likeness (QED) is 0.806. The molecule has 2 N–H and O–H groups in total. The number of hydrogen-bond acceptors (Lipinski definition) is 3. The highest BCUT2D eigenvalue weighted by atomic mass is 79.9. The standard InChI is InChI=1S/C10H9BrN2O3/c1-16-7-3-2-5(4-6(7)11)8-9(14)13-10(15)12-8/h2-4,8H,1H3,(H2,12,13,14,15).